The Labute approximate surface area is 103 Å². The van der Waals surface area contributed by atoms with E-state index in [1.54, 1.807) is 14.0 Å². The number of rotatable bonds is 3. The molecule has 2 rings (SSSR count). The summed E-state index contributed by atoms with van der Waals surface area (Å²) in [5.41, 5.74) is -0.487. The second-order valence-corrected chi connectivity index (χ2v) is 4.47. The SMILES string of the molecule is CNC[C@H]1O[C@@H](n2cc(C)c(=O)[nH]c2=O)CC1O. The van der Waals surface area contributed by atoms with E-state index in [4.69, 9.17) is 4.74 Å². The molecule has 0 spiro atoms. The van der Waals surface area contributed by atoms with Crippen molar-refractivity contribution in [1.29, 1.82) is 0 Å². The van der Waals surface area contributed by atoms with Crippen LogP contribution in [0.3, 0.4) is 0 Å². The van der Waals surface area contributed by atoms with Gasteiger partial charge in [0.1, 0.15) is 6.23 Å². The number of aromatic amines is 1. The van der Waals surface area contributed by atoms with Crippen LogP contribution in [0, 0.1) is 6.92 Å². The molecule has 7 nitrogen and oxygen atoms in total. The minimum atomic E-state index is -0.624. The molecule has 3 atom stereocenters. The van der Waals surface area contributed by atoms with Crippen LogP contribution < -0.4 is 16.6 Å². The number of ether oxygens (including phenoxy) is 1. The highest BCUT2D eigenvalue weighted by Gasteiger charge is 2.34. The lowest BCUT2D eigenvalue weighted by Gasteiger charge is -2.15. The predicted octanol–water partition coefficient (Wildman–Crippen LogP) is -1.29. The molecule has 1 saturated heterocycles. The van der Waals surface area contributed by atoms with E-state index >= 15 is 0 Å². The average Bonchev–Trinajstić information content (AvgIpc) is 2.66. The molecule has 0 saturated carbocycles. The van der Waals surface area contributed by atoms with Crippen molar-refractivity contribution >= 4 is 0 Å². The van der Waals surface area contributed by atoms with E-state index in [9.17, 15) is 14.7 Å². The van der Waals surface area contributed by atoms with Gasteiger partial charge in [0.2, 0.25) is 0 Å². The van der Waals surface area contributed by atoms with Gasteiger partial charge in [0.05, 0.1) is 12.2 Å². The number of likely N-dealkylation sites (N-methyl/N-ethyl adjacent to an activating group) is 1. The Balaban J connectivity index is 2.26. The van der Waals surface area contributed by atoms with Gasteiger partial charge in [0.25, 0.3) is 5.56 Å². The first kappa shape index (κ1) is 13.0. The van der Waals surface area contributed by atoms with Crippen LogP contribution in [0.4, 0.5) is 0 Å². The second-order valence-electron chi connectivity index (χ2n) is 4.47. The molecular weight excluding hydrogens is 238 g/mol. The van der Waals surface area contributed by atoms with Crippen molar-refractivity contribution < 1.29 is 9.84 Å². The van der Waals surface area contributed by atoms with Gasteiger partial charge in [-0.25, -0.2) is 4.79 Å². The number of nitrogens with zero attached hydrogens (tertiary/aromatic N) is 1. The molecule has 1 aliphatic rings. The van der Waals surface area contributed by atoms with E-state index in [-0.39, 0.29) is 6.10 Å². The van der Waals surface area contributed by atoms with Crippen LogP contribution in [-0.4, -0.2) is 40.5 Å². The van der Waals surface area contributed by atoms with Crippen LogP contribution in [0.5, 0.6) is 0 Å². The fourth-order valence-corrected chi connectivity index (χ4v) is 2.07. The van der Waals surface area contributed by atoms with Crippen molar-refractivity contribution in [2.45, 2.75) is 31.8 Å². The summed E-state index contributed by atoms with van der Waals surface area (Å²) in [4.78, 5) is 25.2. The van der Waals surface area contributed by atoms with E-state index in [1.165, 1.54) is 10.8 Å². The third-order valence-corrected chi connectivity index (χ3v) is 3.07. The fourth-order valence-electron chi connectivity index (χ4n) is 2.07. The van der Waals surface area contributed by atoms with E-state index in [0.29, 0.717) is 18.5 Å². The molecule has 0 radical (unpaired) electrons. The Bertz CT molecular complexity index is 536. The Morgan fingerprint density at radius 1 is 1.61 bits per heavy atom. The average molecular weight is 255 g/mol. The first-order valence-corrected chi connectivity index (χ1v) is 5.83. The van der Waals surface area contributed by atoms with Crippen LogP contribution in [0.25, 0.3) is 0 Å². The van der Waals surface area contributed by atoms with E-state index in [2.05, 4.69) is 10.3 Å². The Kier molecular flexibility index (Phi) is 3.65. The Morgan fingerprint density at radius 2 is 2.33 bits per heavy atom. The molecule has 0 aliphatic carbocycles. The second kappa shape index (κ2) is 5.05. The molecule has 100 valence electrons. The molecule has 18 heavy (non-hydrogen) atoms. The minimum absolute atomic E-state index is 0.331. The predicted molar refractivity (Wildman–Crippen MR) is 64.5 cm³/mol. The van der Waals surface area contributed by atoms with Crippen LogP contribution >= 0.6 is 0 Å². The zero-order valence-corrected chi connectivity index (χ0v) is 10.3. The van der Waals surface area contributed by atoms with Crippen molar-refractivity contribution in [1.82, 2.24) is 14.9 Å². The van der Waals surface area contributed by atoms with Gasteiger partial charge in [-0.05, 0) is 14.0 Å². The maximum absolute atomic E-state index is 11.7. The summed E-state index contributed by atoms with van der Waals surface area (Å²) in [5, 5.41) is 12.7. The van der Waals surface area contributed by atoms with Crippen LogP contribution in [-0.2, 0) is 4.74 Å². The van der Waals surface area contributed by atoms with Crippen molar-refractivity contribution in [3.05, 3.63) is 32.6 Å². The molecule has 1 aromatic heterocycles. The molecule has 1 fully saturated rings. The highest BCUT2D eigenvalue weighted by molar-refractivity contribution is 5.02. The maximum Gasteiger partial charge on any atom is 0.330 e. The summed E-state index contributed by atoms with van der Waals surface area (Å²) in [7, 11) is 1.76. The molecule has 0 aromatic carbocycles. The number of nitrogens with one attached hydrogen (secondary N) is 2. The summed E-state index contributed by atoms with van der Waals surface area (Å²) in [6.07, 6.45) is 0.278. The summed E-state index contributed by atoms with van der Waals surface area (Å²) in [5.74, 6) is 0. The molecule has 7 heteroatoms. The lowest BCUT2D eigenvalue weighted by Crippen LogP contribution is -2.34. The number of hydrogen-bond acceptors (Lipinski definition) is 5. The standard InChI is InChI=1S/C11H17N3O4/c1-6-5-14(11(17)13-10(6)16)9-3-7(15)8(18-9)4-12-2/h5,7-9,12,15H,3-4H2,1-2H3,(H,13,16,17)/t7?,8-,9-/m1/s1. The number of aromatic nitrogens is 2. The first-order chi connectivity index (χ1) is 8.52. The van der Waals surface area contributed by atoms with Crippen LogP contribution in [0.1, 0.15) is 18.2 Å². The zero-order chi connectivity index (χ0) is 13.3. The van der Waals surface area contributed by atoms with Gasteiger partial charge in [0.15, 0.2) is 0 Å². The normalized spacial score (nSPS) is 27.6. The third-order valence-electron chi connectivity index (χ3n) is 3.07. The highest BCUT2D eigenvalue weighted by Crippen LogP contribution is 2.27. The smallest absolute Gasteiger partial charge is 0.330 e. The molecule has 1 aromatic rings. The third kappa shape index (κ3) is 2.38. The maximum atomic E-state index is 11.7. The molecule has 3 N–H and O–H groups in total. The number of H-pyrrole nitrogens is 1. The van der Waals surface area contributed by atoms with Gasteiger partial charge in [-0.1, -0.05) is 0 Å². The van der Waals surface area contributed by atoms with Crippen molar-refractivity contribution in [3.63, 3.8) is 0 Å². The highest BCUT2D eigenvalue weighted by atomic mass is 16.5. The van der Waals surface area contributed by atoms with Crippen molar-refractivity contribution in [2.75, 3.05) is 13.6 Å². The van der Waals surface area contributed by atoms with Gasteiger partial charge >= 0.3 is 5.69 Å². The number of aryl methyl sites for hydroxylation is 1. The summed E-state index contributed by atoms with van der Waals surface area (Å²) < 4.78 is 6.92. The minimum Gasteiger partial charge on any atom is -0.390 e. The number of aliphatic hydroxyl groups is 1. The topological polar surface area (TPSA) is 96.4 Å². The molecule has 0 amide bonds. The van der Waals surface area contributed by atoms with E-state index in [0.717, 1.165) is 0 Å². The zero-order valence-electron chi connectivity index (χ0n) is 10.3. The largest absolute Gasteiger partial charge is 0.390 e. The quantitative estimate of drug-likeness (QED) is 0.624. The lowest BCUT2D eigenvalue weighted by atomic mass is 10.2. The fraction of sp³-hybridized carbons (Fsp3) is 0.636. The van der Waals surface area contributed by atoms with E-state index < -0.39 is 23.6 Å². The Morgan fingerprint density at radius 3 is 3.00 bits per heavy atom. The summed E-state index contributed by atoms with van der Waals surface area (Å²) in [6, 6.07) is 0. The molecular formula is C11H17N3O4. The molecule has 2 heterocycles. The Hall–Kier alpha value is -1.44. The van der Waals surface area contributed by atoms with Crippen LogP contribution in [0.15, 0.2) is 15.8 Å². The summed E-state index contributed by atoms with van der Waals surface area (Å²) >= 11 is 0. The number of hydrogen-bond donors (Lipinski definition) is 3. The summed E-state index contributed by atoms with van der Waals surface area (Å²) in [6.45, 7) is 2.12. The number of aliphatic hydroxyl groups excluding tert-OH is 1. The molecule has 1 unspecified atom stereocenters. The van der Waals surface area contributed by atoms with Gasteiger partial charge in [0, 0.05) is 24.7 Å². The monoisotopic (exact) mass is 255 g/mol. The van der Waals surface area contributed by atoms with Gasteiger partial charge in [-0.3, -0.25) is 14.3 Å². The lowest BCUT2D eigenvalue weighted by molar-refractivity contribution is -0.0184. The van der Waals surface area contributed by atoms with E-state index in [1.807, 2.05) is 0 Å². The first-order valence-electron chi connectivity index (χ1n) is 5.83. The van der Waals surface area contributed by atoms with Gasteiger partial charge < -0.3 is 15.2 Å². The molecule has 0 bridgehead atoms. The van der Waals surface area contributed by atoms with Crippen molar-refractivity contribution in [3.8, 4) is 0 Å². The van der Waals surface area contributed by atoms with Crippen molar-refractivity contribution in [2.24, 2.45) is 0 Å². The molecule has 1 aliphatic heterocycles. The van der Waals surface area contributed by atoms with Gasteiger partial charge in [-0.2, -0.15) is 0 Å². The van der Waals surface area contributed by atoms with Gasteiger partial charge in [-0.15, -0.1) is 0 Å². The van der Waals surface area contributed by atoms with Crippen LogP contribution in [0.2, 0.25) is 0 Å².